The van der Waals surface area contributed by atoms with Crippen LogP contribution in [0.4, 0.5) is 0 Å². The number of aryl methyl sites for hydroxylation is 1. The predicted molar refractivity (Wildman–Crippen MR) is 93.1 cm³/mol. The molecule has 1 amide bonds. The molecule has 0 aromatic heterocycles. The van der Waals surface area contributed by atoms with E-state index >= 15 is 0 Å². The third-order valence-corrected chi connectivity index (χ3v) is 5.22. The van der Waals surface area contributed by atoms with E-state index in [4.69, 9.17) is 5.73 Å². The standard InChI is InChI=1S/C17H27N3OS/c1-14-3-5-15(6-4-14)22-10-8-19-16(21)11-20-9-7-17(2,12-18)13-20/h3-6H,7-13,18H2,1-2H3,(H,19,21). The molecule has 1 fully saturated rings. The van der Waals surface area contributed by atoms with Crippen molar-refractivity contribution in [1.29, 1.82) is 0 Å². The zero-order chi connectivity index (χ0) is 16.0. The topological polar surface area (TPSA) is 58.4 Å². The molecule has 0 saturated carbocycles. The van der Waals surface area contributed by atoms with Gasteiger partial charge in [0, 0.05) is 23.7 Å². The molecule has 0 radical (unpaired) electrons. The van der Waals surface area contributed by atoms with Crippen LogP contribution < -0.4 is 11.1 Å². The molecule has 3 N–H and O–H groups in total. The average Bonchev–Trinajstić information content (AvgIpc) is 2.87. The van der Waals surface area contributed by atoms with Gasteiger partial charge in [0.25, 0.3) is 0 Å². The lowest BCUT2D eigenvalue weighted by Gasteiger charge is -2.22. The Morgan fingerprint density at radius 2 is 2.14 bits per heavy atom. The quantitative estimate of drug-likeness (QED) is 0.595. The molecule has 0 bridgehead atoms. The largest absolute Gasteiger partial charge is 0.354 e. The van der Waals surface area contributed by atoms with Gasteiger partial charge in [-0.3, -0.25) is 9.69 Å². The van der Waals surface area contributed by atoms with Crippen molar-refractivity contribution in [3.05, 3.63) is 29.8 Å². The van der Waals surface area contributed by atoms with Crippen LogP contribution in [0.3, 0.4) is 0 Å². The normalized spacial score (nSPS) is 22.0. The Labute approximate surface area is 137 Å². The smallest absolute Gasteiger partial charge is 0.234 e. The van der Waals surface area contributed by atoms with E-state index in [2.05, 4.69) is 48.3 Å². The van der Waals surface area contributed by atoms with Crippen molar-refractivity contribution >= 4 is 17.7 Å². The molecule has 0 spiro atoms. The van der Waals surface area contributed by atoms with Crippen LogP contribution in [-0.2, 0) is 4.79 Å². The molecule has 2 rings (SSSR count). The minimum Gasteiger partial charge on any atom is -0.354 e. The zero-order valence-electron chi connectivity index (χ0n) is 13.6. The summed E-state index contributed by atoms with van der Waals surface area (Å²) in [5, 5.41) is 3.00. The number of amides is 1. The first kappa shape index (κ1) is 17.3. The molecule has 1 aliphatic rings. The van der Waals surface area contributed by atoms with Crippen molar-refractivity contribution < 1.29 is 4.79 Å². The van der Waals surface area contributed by atoms with Gasteiger partial charge in [0.05, 0.1) is 6.54 Å². The Morgan fingerprint density at radius 1 is 1.41 bits per heavy atom. The summed E-state index contributed by atoms with van der Waals surface area (Å²) in [6, 6.07) is 8.48. The number of rotatable bonds is 7. The number of hydrogen-bond donors (Lipinski definition) is 2. The average molecular weight is 321 g/mol. The van der Waals surface area contributed by atoms with Crippen molar-refractivity contribution in [2.45, 2.75) is 25.2 Å². The van der Waals surface area contributed by atoms with Gasteiger partial charge >= 0.3 is 0 Å². The van der Waals surface area contributed by atoms with Gasteiger partial charge in [0.2, 0.25) is 5.91 Å². The maximum atomic E-state index is 12.0. The van der Waals surface area contributed by atoms with E-state index in [1.807, 2.05) is 0 Å². The summed E-state index contributed by atoms with van der Waals surface area (Å²) in [6.07, 6.45) is 1.08. The highest BCUT2D eigenvalue weighted by Gasteiger charge is 2.32. The molecule has 5 heteroatoms. The molecule has 122 valence electrons. The predicted octanol–water partition coefficient (Wildman–Crippen LogP) is 1.87. The van der Waals surface area contributed by atoms with Crippen molar-refractivity contribution in [2.75, 3.05) is 38.5 Å². The molecule has 1 aromatic rings. The second-order valence-electron chi connectivity index (χ2n) is 6.49. The van der Waals surface area contributed by atoms with Gasteiger partial charge in [-0.1, -0.05) is 24.6 Å². The number of carbonyl (C=O) groups is 1. The number of nitrogens with zero attached hydrogens (tertiary/aromatic N) is 1. The van der Waals surface area contributed by atoms with Crippen molar-refractivity contribution in [2.24, 2.45) is 11.1 Å². The van der Waals surface area contributed by atoms with Gasteiger partial charge in [-0.15, -0.1) is 11.8 Å². The summed E-state index contributed by atoms with van der Waals surface area (Å²) in [7, 11) is 0. The Balaban J connectivity index is 1.61. The number of nitrogens with two attached hydrogens (primary N) is 1. The molecule has 22 heavy (non-hydrogen) atoms. The van der Waals surface area contributed by atoms with Crippen LogP contribution in [0.1, 0.15) is 18.9 Å². The molecular formula is C17H27N3OS. The first-order valence-electron chi connectivity index (χ1n) is 7.89. The number of benzene rings is 1. The van der Waals surface area contributed by atoms with Crippen molar-refractivity contribution in [3.63, 3.8) is 0 Å². The Kier molecular flexibility index (Phi) is 6.29. The number of likely N-dealkylation sites (tertiary alicyclic amines) is 1. The summed E-state index contributed by atoms with van der Waals surface area (Å²) in [6.45, 7) is 8.07. The number of nitrogens with one attached hydrogen (secondary N) is 1. The fourth-order valence-electron chi connectivity index (χ4n) is 2.68. The SMILES string of the molecule is Cc1ccc(SCCNC(=O)CN2CCC(C)(CN)C2)cc1. The van der Waals surface area contributed by atoms with E-state index in [0.717, 1.165) is 25.3 Å². The number of thioether (sulfide) groups is 1. The molecule has 1 heterocycles. The summed E-state index contributed by atoms with van der Waals surface area (Å²) in [5.74, 6) is 1.01. The molecular weight excluding hydrogens is 294 g/mol. The summed E-state index contributed by atoms with van der Waals surface area (Å²) in [4.78, 5) is 15.4. The Morgan fingerprint density at radius 3 is 2.77 bits per heavy atom. The second kappa shape index (κ2) is 7.99. The van der Waals surface area contributed by atoms with Crippen LogP contribution in [0.25, 0.3) is 0 Å². The van der Waals surface area contributed by atoms with Crippen LogP contribution in [0.2, 0.25) is 0 Å². The molecule has 0 aliphatic carbocycles. The van der Waals surface area contributed by atoms with Gasteiger partial charge in [0.1, 0.15) is 0 Å². The number of carbonyl (C=O) groups excluding carboxylic acids is 1. The lowest BCUT2D eigenvalue weighted by Crippen LogP contribution is -2.38. The third-order valence-electron chi connectivity index (χ3n) is 4.21. The molecule has 1 aliphatic heterocycles. The lowest BCUT2D eigenvalue weighted by atomic mass is 9.90. The fourth-order valence-corrected chi connectivity index (χ4v) is 3.45. The summed E-state index contributed by atoms with van der Waals surface area (Å²) >= 11 is 1.77. The van der Waals surface area contributed by atoms with Crippen molar-refractivity contribution in [3.8, 4) is 0 Å². The molecule has 1 aromatic carbocycles. The highest BCUT2D eigenvalue weighted by atomic mass is 32.2. The summed E-state index contributed by atoms with van der Waals surface area (Å²) in [5.41, 5.74) is 7.25. The van der Waals surface area contributed by atoms with E-state index in [-0.39, 0.29) is 11.3 Å². The van der Waals surface area contributed by atoms with E-state index in [1.165, 1.54) is 10.5 Å². The number of hydrogen-bond acceptors (Lipinski definition) is 4. The Hall–Kier alpha value is -1.04. The van der Waals surface area contributed by atoms with Crippen LogP contribution >= 0.6 is 11.8 Å². The van der Waals surface area contributed by atoms with Crippen molar-refractivity contribution in [1.82, 2.24) is 10.2 Å². The Bertz CT molecular complexity index is 491. The second-order valence-corrected chi connectivity index (χ2v) is 7.66. The molecule has 1 saturated heterocycles. The maximum Gasteiger partial charge on any atom is 0.234 e. The fraction of sp³-hybridized carbons (Fsp3) is 0.588. The van der Waals surface area contributed by atoms with E-state index in [0.29, 0.717) is 19.6 Å². The van der Waals surface area contributed by atoms with Crippen LogP contribution in [-0.4, -0.2) is 49.3 Å². The maximum absolute atomic E-state index is 12.0. The van der Waals surface area contributed by atoms with Gasteiger partial charge in [-0.25, -0.2) is 0 Å². The van der Waals surface area contributed by atoms with Gasteiger partial charge in [-0.05, 0) is 44.0 Å². The van der Waals surface area contributed by atoms with Crippen LogP contribution in [0.5, 0.6) is 0 Å². The highest BCUT2D eigenvalue weighted by Crippen LogP contribution is 2.27. The van der Waals surface area contributed by atoms with E-state index in [1.54, 1.807) is 11.8 Å². The first-order chi connectivity index (χ1) is 10.5. The van der Waals surface area contributed by atoms with Gasteiger partial charge < -0.3 is 11.1 Å². The first-order valence-corrected chi connectivity index (χ1v) is 8.88. The molecule has 1 unspecified atom stereocenters. The van der Waals surface area contributed by atoms with Crippen LogP contribution in [0, 0.1) is 12.3 Å². The molecule has 1 atom stereocenters. The van der Waals surface area contributed by atoms with Crippen LogP contribution in [0.15, 0.2) is 29.2 Å². The van der Waals surface area contributed by atoms with Gasteiger partial charge in [0.15, 0.2) is 0 Å². The van der Waals surface area contributed by atoms with Gasteiger partial charge in [-0.2, -0.15) is 0 Å². The molecule has 4 nitrogen and oxygen atoms in total. The summed E-state index contributed by atoms with van der Waals surface area (Å²) < 4.78 is 0. The van der Waals surface area contributed by atoms with E-state index < -0.39 is 0 Å². The van der Waals surface area contributed by atoms with E-state index in [9.17, 15) is 4.79 Å². The minimum atomic E-state index is 0.116. The lowest BCUT2D eigenvalue weighted by molar-refractivity contribution is -0.121. The monoisotopic (exact) mass is 321 g/mol. The third kappa shape index (κ3) is 5.30. The minimum absolute atomic E-state index is 0.116. The zero-order valence-corrected chi connectivity index (χ0v) is 14.4. The highest BCUT2D eigenvalue weighted by molar-refractivity contribution is 7.99.